The van der Waals surface area contributed by atoms with Gasteiger partial charge in [0.2, 0.25) is 0 Å². The van der Waals surface area contributed by atoms with Crippen LogP contribution < -0.4 is 9.47 Å². The van der Waals surface area contributed by atoms with Gasteiger partial charge in [0.1, 0.15) is 12.3 Å². The van der Waals surface area contributed by atoms with Crippen molar-refractivity contribution < 1.29 is 19.1 Å². The SMILES string of the molecule is COc1cccc(CON=C(C)c2cc(C)cc(C)n2)c1OC(=O)C(C)(C)C. The highest BCUT2D eigenvalue weighted by Crippen LogP contribution is 2.33. The molecule has 2 rings (SSSR count). The summed E-state index contributed by atoms with van der Waals surface area (Å²) in [5.41, 5.74) is 3.50. The number of rotatable bonds is 6. The molecule has 150 valence electrons. The molecule has 0 fully saturated rings. The lowest BCUT2D eigenvalue weighted by Gasteiger charge is -2.19. The largest absolute Gasteiger partial charge is 0.493 e. The topological polar surface area (TPSA) is 70.0 Å². The van der Waals surface area contributed by atoms with E-state index in [1.807, 2.05) is 45.0 Å². The minimum absolute atomic E-state index is 0.131. The maximum absolute atomic E-state index is 12.3. The number of carbonyl (C=O) groups excluding carboxylic acids is 1. The second-order valence-electron chi connectivity index (χ2n) is 7.71. The van der Waals surface area contributed by atoms with E-state index in [-0.39, 0.29) is 12.6 Å². The van der Waals surface area contributed by atoms with Crippen molar-refractivity contribution in [1.29, 1.82) is 0 Å². The van der Waals surface area contributed by atoms with E-state index in [2.05, 4.69) is 10.1 Å². The number of carbonyl (C=O) groups is 1. The van der Waals surface area contributed by atoms with Crippen LogP contribution in [0.3, 0.4) is 0 Å². The maximum atomic E-state index is 12.3. The molecule has 6 heteroatoms. The van der Waals surface area contributed by atoms with Crippen LogP contribution in [0, 0.1) is 19.3 Å². The number of aryl methyl sites for hydroxylation is 2. The Morgan fingerprint density at radius 3 is 2.50 bits per heavy atom. The molecule has 0 radical (unpaired) electrons. The van der Waals surface area contributed by atoms with Gasteiger partial charge in [-0.25, -0.2) is 0 Å². The van der Waals surface area contributed by atoms with Gasteiger partial charge in [0, 0.05) is 11.3 Å². The predicted octanol–water partition coefficient (Wildman–Crippen LogP) is 4.60. The number of ether oxygens (including phenoxy) is 2. The first kappa shape index (κ1) is 21.4. The molecule has 0 bridgehead atoms. The molecule has 0 N–H and O–H groups in total. The number of para-hydroxylation sites is 1. The zero-order valence-electron chi connectivity index (χ0n) is 17.6. The molecule has 0 aliphatic carbocycles. The van der Waals surface area contributed by atoms with Crippen molar-refractivity contribution in [3.8, 4) is 11.5 Å². The molecule has 0 saturated heterocycles. The summed E-state index contributed by atoms with van der Waals surface area (Å²) in [5.74, 6) is 0.468. The van der Waals surface area contributed by atoms with E-state index in [1.165, 1.54) is 7.11 Å². The van der Waals surface area contributed by atoms with E-state index >= 15 is 0 Å². The first-order valence-corrected chi connectivity index (χ1v) is 9.12. The van der Waals surface area contributed by atoms with Gasteiger partial charge >= 0.3 is 5.97 Å². The van der Waals surface area contributed by atoms with Crippen LogP contribution in [-0.2, 0) is 16.2 Å². The molecule has 0 unspecified atom stereocenters. The minimum Gasteiger partial charge on any atom is -0.493 e. The molecule has 0 aliphatic rings. The number of hydrogen-bond donors (Lipinski definition) is 0. The summed E-state index contributed by atoms with van der Waals surface area (Å²) in [4.78, 5) is 22.3. The first-order chi connectivity index (χ1) is 13.1. The highest BCUT2D eigenvalue weighted by Gasteiger charge is 2.26. The van der Waals surface area contributed by atoms with Crippen LogP contribution in [0.2, 0.25) is 0 Å². The van der Waals surface area contributed by atoms with Crippen molar-refractivity contribution in [1.82, 2.24) is 4.98 Å². The molecule has 0 atom stereocenters. The molecule has 0 aliphatic heterocycles. The second kappa shape index (κ2) is 8.87. The van der Waals surface area contributed by atoms with Crippen molar-refractivity contribution in [3.63, 3.8) is 0 Å². The molecule has 1 aromatic heterocycles. The number of methoxy groups -OCH3 is 1. The highest BCUT2D eigenvalue weighted by atomic mass is 16.6. The van der Waals surface area contributed by atoms with Gasteiger partial charge in [-0.3, -0.25) is 9.78 Å². The summed E-state index contributed by atoms with van der Waals surface area (Å²) < 4.78 is 10.9. The monoisotopic (exact) mass is 384 g/mol. The predicted molar refractivity (Wildman–Crippen MR) is 109 cm³/mol. The summed E-state index contributed by atoms with van der Waals surface area (Å²) in [5, 5.41) is 4.17. The van der Waals surface area contributed by atoms with Crippen molar-refractivity contribution in [2.24, 2.45) is 10.6 Å². The summed E-state index contributed by atoms with van der Waals surface area (Å²) in [6.07, 6.45) is 0. The molecule has 0 saturated carbocycles. The molecule has 1 aromatic carbocycles. The highest BCUT2D eigenvalue weighted by molar-refractivity contribution is 5.96. The molecule has 28 heavy (non-hydrogen) atoms. The van der Waals surface area contributed by atoms with Gasteiger partial charge < -0.3 is 14.3 Å². The number of esters is 1. The Kier molecular flexibility index (Phi) is 6.78. The van der Waals surface area contributed by atoms with Crippen LogP contribution >= 0.6 is 0 Å². The van der Waals surface area contributed by atoms with E-state index in [4.69, 9.17) is 14.3 Å². The summed E-state index contributed by atoms with van der Waals surface area (Å²) in [6, 6.07) is 9.32. The lowest BCUT2D eigenvalue weighted by atomic mass is 9.97. The number of nitrogens with zero attached hydrogens (tertiary/aromatic N) is 2. The van der Waals surface area contributed by atoms with Crippen LogP contribution in [0.15, 0.2) is 35.5 Å². The molecule has 2 aromatic rings. The molecule has 6 nitrogen and oxygen atoms in total. The van der Waals surface area contributed by atoms with Gasteiger partial charge in [0.15, 0.2) is 11.5 Å². The van der Waals surface area contributed by atoms with Gasteiger partial charge in [0.05, 0.1) is 18.2 Å². The average molecular weight is 384 g/mol. The van der Waals surface area contributed by atoms with Crippen molar-refractivity contribution in [3.05, 3.63) is 52.8 Å². The third-order valence-electron chi connectivity index (χ3n) is 3.98. The van der Waals surface area contributed by atoms with E-state index in [0.717, 1.165) is 17.0 Å². The lowest BCUT2D eigenvalue weighted by molar-refractivity contribution is -0.143. The third-order valence-corrected chi connectivity index (χ3v) is 3.98. The van der Waals surface area contributed by atoms with Crippen molar-refractivity contribution in [2.45, 2.75) is 48.1 Å². The van der Waals surface area contributed by atoms with Crippen LogP contribution in [0.25, 0.3) is 0 Å². The average Bonchev–Trinajstić information content (AvgIpc) is 2.61. The van der Waals surface area contributed by atoms with Crippen molar-refractivity contribution >= 4 is 11.7 Å². The Bertz CT molecular complexity index is 862. The fourth-order valence-corrected chi connectivity index (χ4v) is 2.47. The fraction of sp³-hybridized carbons (Fsp3) is 0.409. The van der Waals surface area contributed by atoms with Gasteiger partial charge in [-0.05, 0) is 65.3 Å². The molecule has 1 heterocycles. The van der Waals surface area contributed by atoms with E-state index < -0.39 is 5.41 Å². The summed E-state index contributed by atoms with van der Waals surface area (Å²) in [6.45, 7) is 11.3. The Balaban J connectivity index is 2.20. The normalized spacial score (nSPS) is 11.9. The van der Waals surface area contributed by atoms with Gasteiger partial charge in [0.25, 0.3) is 0 Å². The maximum Gasteiger partial charge on any atom is 0.316 e. The Morgan fingerprint density at radius 1 is 1.18 bits per heavy atom. The fourth-order valence-electron chi connectivity index (χ4n) is 2.47. The van der Waals surface area contributed by atoms with Gasteiger partial charge in [-0.15, -0.1) is 0 Å². The quantitative estimate of drug-likeness (QED) is 0.315. The van der Waals surface area contributed by atoms with Gasteiger partial charge in [-0.2, -0.15) is 0 Å². The lowest BCUT2D eigenvalue weighted by Crippen LogP contribution is -2.26. The van der Waals surface area contributed by atoms with E-state index in [0.29, 0.717) is 22.8 Å². The smallest absolute Gasteiger partial charge is 0.316 e. The molecular weight excluding hydrogens is 356 g/mol. The van der Waals surface area contributed by atoms with Crippen LogP contribution in [0.1, 0.15) is 50.2 Å². The first-order valence-electron chi connectivity index (χ1n) is 9.12. The zero-order valence-corrected chi connectivity index (χ0v) is 17.6. The number of hydrogen-bond acceptors (Lipinski definition) is 6. The number of aromatic nitrogens is 1. The van der Waals surface area contributed by atoms with Crippen LogP contribution in [0.5, 0.6) is 11.5 Å². The Labute approximate surface area is 166 Å². The van der Waals surface area contributed by atoms with E-state index in [9.17, 15) is 4.79 Å². The molecular formula is C22H28N2O4. The minimum atomic E-state index is -0.636. The summed E-state index contributed by atoms with van der Waals surface area (Å²) in [7, 11) is 1.53. The number of oxime groups is 1. The van der Waals surface area contributed by atoms with Crippen LogP contribution in [0.4, 0.5) is 0 Å². The molecule has 0 spiro atoms. The number of benzene rings is 1. The number of pyridine rings is 1. The van der Waals surface area contributed by atoms with Crippen molar-refractivity contribution in [2.75, 3.05) is 7.11 Å². The standard InChI is InChI=1S/C22H28N2O4/c1-14-11-15(2)23-18(12-14)16(3)24-27-13-17-9-8-10-19(26-7)20(17)28-21(25)22(4,5)6/h8-12H,13H2,1-7H3. The Morgan fingerprint density at radius 2 is 1.89 bits per heavy atom. The Hall–Kier alpha value is -2.89. The van der Waals surface area contributed by atoms with E-state index in [1.54, 1.807) is 26.8 Å². The second-order valence-corrected chi connectivity index (χ2v) is 7.71. The molecule has 0 amide bonds. The zero-order chi connectivity index (χ0) is 20.9. The summed E-state index contributed by atoms with van der Waals surface area (Å²) >= 11 is 0. The van der Waals surface area contributed by atoms with Crippen LogP contribution in [-0.4, -0.2) is 23.8 Å². The third kappa shape index (κ3) is 5.55. The van der Waals surface area contributed by atoms with Gasteiger partial charge in [-0.1, -0.05) is 17.3 Å².